The predicted octanol–water partition coefficient (Wildman–Crippen LogP) is 5.30. The Morgan fingerprint density at radius 1 is 1.20 bits per heavy atom. The molecule has 0 bridgehead atoms. The van der Waals surface area contributed by atoms with E-state index in [1.165, 1.54) is 29.5 Å². The van der Waals surface area contributed by atoms with Crippen molar-refractivity contribution in [2.24, 2.45) is 0 Å². The zero-order chi connectivity index (χ0) is 21.7. The molecule has 1 aromatic heterocycles. The first-order valence-electron chi connectivity index (χ1n) is 9.61. The number of halogens is 1. The molecule has 1 amide bonds. The molecule has 0 atom stereocenters. The highest BCUT2D eigenvalue weighted by Crippen LogP contribution is 2.28. The Bertz CT molecular complexity index is 1040. The molecule has 7 heteroatoms. The van der Waals surface area contributed by atoms with Gasteiger partial charge in [0, 0.05) is 17.8 Å². The van der Waals surface area contributed by atoms with Crippen LogP contribution in [0.3, 0.4) is 0 Å². The van der Waals surface area contributed by atoms with Crippen molar-refractivity contribution in [2.75, 3.05) is 11.1 Å². The second-order valence-electron chi connectivity index (χ2n) is 7.88. The van der Waals surface area contributed by atoms with E-state index in [4.69, 9.17) is 0 Å². The summed E-state index contributed by atoms with van der Waals surface area (Å²) in [5, 5.41) is 11.9. The van der Waals surface area contributed by atoms with Crippen molar-refractivity contribution in [3.63, 3.8) is 0 Å². The molecule has 0 aliphatic heterocycles. The number of aromatic nitrogens is 3. The number of carbonyl (C=O) groups excluding carboxylic acids is 1. The molecule has 0 unspecified atom stereocenters. The van der Waals surface area contributed by atoms with Crippen molar-refractivity contribution in [1.29, 1.82) is 0 Å². The van der Waals surface area contributed by atoms with Gasteiger partial charge in [-0.2, -0.15) is 0 Å². The van der Waals surface area contributed by atoms with Gasteiger partial charge in [-0.15, -0.1) is 16.8 Å². The number of carbonyl (C=O) groups is 1. The second kappa shape index (κ2) is 9.26. The molecule has 0 radical (unpaired) electrons. The highest BCUT2D eigenvalue weighted by atomic mass is 32.2. The Balaban J connectivity index is 1.74. The fourth-order valence-corrected chi connectivity index (χ4v) is 3.66. The van der Waals surface area contributed by atoms with Gasteiger partial charge < -0.3 is 5.32 Å². The van der Waals surface area contributed by atoms with Crippen molar-refractivity contribution in [2.45, 2.75) is 37.9 Å². The van der Waals surface area contributed by atoms with Gasteiger partial charge in [0.25, 0.3) is 0 Å². The summed E-state index contributed by atoms with van der Waals surface area (Å²) < 4.78 is 15.2. The van der Waals surface area contributed by atoms with Gasteiger partial charge in [-0.05, 0) is 29.2 Å². The van der Waals surface area contributed by atoms with E-state index in [1.54, 1.807) is 18.2 Å². The fraction of sp³-hybridized carbons (Fsp3) is 0.261. The monoisotopic (exact) mass is 424 g/mol. The van der Waals surface area contributed by atoms with Gasteiger partial charge in [-0.1, -0.05) is 68.9 Å². The first-order chi connectivity index (χ1) is 14.3. The lowest BCUT2D eigenvalue weighted by molar-refractivity contribution is -0.113. The zero-order valence-electron chi connectivity index (χ0n) is 17.4. The number of nitrogens with one attached hydrogen (secondary N) is 1. The molecule has 156 valence electrons. The Morgan fingerprint density at radius 2 is 1.93 bits per heavy atom. The Hall–Kier alpha value is -2.93. The van der Waals surface area contributed by atoms with Crippen molar-refractivity contribution in [1.82, 2.24) is 14.8 Å². The lowest BCUT2D eigenvalue weighted by Crippen LogP contribution is -2.14. The number of rotatable bonds is 7. The van der Waals surface area contributed by atoms with Gasteiger partial charge >= 0.3 is 0 Å². The van der Waals surface area contributed by atoms with Crippen LogP contribution in [0.5, 0.6) is 0 Å². The Morgan fingerprint density at radius 3 is 2.57 bits per heavy atom. The van der Waals surface area contributed by atoms with Gasteiger partial charge in [0.2, 0.25) is 5.91 Å². The predicted molar refractivity (Wildman–Crippen MR) is 120 cm³/mol. The molecule has 1 N–H and O–H groups in total. The number of hydrogen-bond donors (Lipinski definition) is 1. The summed E-state index contributed by atoms with van der Waals surface area (Å²) in [6, 6.07) is 14.1. The smallest absolute Gasteiger partial charge is 0.234 e. The molecule has 0 saturated heterocycles. The minimum Gasteiger partial charge on any atom is -0.325 e. The first-order valence-corrected chi connectivity index (χ1v) is 10.6. The van der Waals surface area contributed by atoms with E-state index < -0.39 is 5.82 Å². The van der Waals surface area contributed by atoms with Crippen LogP contribution in [0.15, 0.2) is 66.3 Å². The van der Waals surface area contributed by atoms with Crippen LogP contribution in [0.1, 0.15) is 26.3 Å². The lowest BCUT2D eigenvalue weighted by Gasteiger charge is -2.19. The largest absolute Gasteiger partial charge is 0.325 e. The molecule has 30 heavy (non-hydrogen) atoms. The molecular weight excluding hydrogens is 399 g/mol. The molecule has 1 heterocycles. The van der Waals surface area contributed by atoms with Crippen molar-refractivity contribution in [3.8, 4) is 11.4 Å². The minimum absolute atomic E-state index is 0.0728. The summed E-state index contributed by atoms with van der Waals surface area (Å²) in [7, 11) is 0. The third-order valence-corrected chi connectivity index (χ3v) is 5.45. The third kappa shape index (κ3) is 5.36. The van der Waals surface area contributed by atoms with E-state index in [1.807, 2.05) is 16.7 Å². The van der Waals surface area contributed by atoms with Gasteiger partial charge in [0.15, 0.2) is 11.0 Å². The van der Waals surface area contributed by atoms with Crippen molar-refractivity contribution >= 4 is 23.4 Å². The number of benzene rings is 2. The average molecular weight is 425 g/mol. The maximum Gasteiger partial charge on any atom is 0.234 e. The quantitative estimate of drug-likeness (QED) is 0.413. The number of thioether (sulfide) groups is 1. The topological polar surface area (TPSA) is 59.8 Å². The second-order valence-corrected chi connectivity index (χ2v) is 8.82. The van der Waals surface area contributed by atoms with Crippen LogP contribution < -0.4 is 5.32 Å². The summed E-state index contributed by atoms with van der Waals surface area (Å²) in [6.07, 6.45) is 1.77. The normalized spacial score (nSPS) is 11.3. The summed E-state index contributed by atoms with van der Waals surface area (Å²) in [6.45, 7) is 10.9. The standard InChI is InChI=1S/C23H25FN4OS/c1-5-13-28-21(16-9-11-17(12-10-16)23(2,3)4)26-27-22(28)30-15-20(29)25-19-8-6-7-18(24)14-19/h5-12,14H,1,13,15H2,2-4H3,(H,25,29). The maximum absolute atomic E-state index is 13.3. The maximum atomic E-state index is 13.3. The highest BCUT2D eigenvalue weighted by molar-refractivity contribution is 7.99. The molecular formula is C23H25FN4OS. The fourth-order valence-electron chi connectivity index (χ4n) is 2.92. The number of amides is 1. The molecule has 0 aliphatic rings. The lowest BCUT2D eigenvalue weighted by atomic mass is 9.87. The van der Waals surface area contributed by atoms with Crippen LogP contribution in [0.25, 0.3) is 11.4 Å². The molecule has 0 aliphatic carbocycles. The summed E-state index contributed by atoms with van der Waals surface area (Å²) >= 11 is 1.28. The van der Waals surface area contributed by atoms with Crippen LogP contribution in [-0.2, 0) is 16.8 Å². The van der Waals surface area contributed by atoms with Gasteiger partial charge in [0.1, 0.15) is 5.82 Å². The highest BCUT2D eigenvalue weighted by Gasteiger charge is 2.17. The zero-order valence-corrected chi connectivity index (χ0v) is 18.2. The van der Waals surface area contributed by atoms with E-state index in [-0.39, 0.29) is 17.1 Å². The van der Waals surface area contributed by atoms with E-state index in [0.717, 1.165) is 11.4 Å². The Labute approximate surface area is 180 Å². The van der Waals surface area contributed by atoms with Crippen LogP contribution in [0.2, 0.25) is 0 Å². The van der Waals surface area contributed by atoms with E-state index in [9.17, 15) is 9.18 Å². The van der Waals surface area contributed by atoms with Crippen LogP contribution in [0.4, 0.5) is 10.1 Å². The number of allylic oxidation sites excluding steroid dienone is 1. The summed E-state index contributed by atoms with van der Waals surface area (Å²) in [4.78, 5) is 12.2. The van der Waals surface area contributed by atoms with Crippen molar-refractivity contribution < 1.29 is 9.18 Å². The molecule has 0 fully saturated rings. The van der Waals surface area contributed by atoms with Gasteiger partial charge in [-0.3, -0.25) is 9.36 Å². The van der Waals surface area contributed by atoms with Gasteiger partial charge in [0.05, 0.1) is 5.75 Å². The molecule has 3 aromatic rings. The van der Waals surface area contributed by atoms with Crippen LogP contribution >= 0.6 is 11.8 Å². The Kier molecular flexibility index (Phi) is 6.72. The SMILES string of the molecule is C=CCn1c(SCC(=O)Nc2cccc(F)c2)nnc1-c1ccc(C(C)(C)C)cc1. The van der Waals surface area contributed by atoms with Crippen LogP contribution in [0, 0.1) is 5.82 Å². The number of nitrogens with zero attached hydrogens (tertiary/aromatic N) is 3. The van der Waals surface area contributed by atoms with E-state index in [2.05, 4.69) is 55.0 Å². The van der Waals surface area contributed by atoms with E-state index >= 15 is 0 Å². The van der Waals surface area contributed by atoms with Crippen molar-refractivity contribution in [3.05, 3.63) is 72.6 Å². The average Bonchev–Trinajstić information content (AvgIpc) is 3.09. The van der Waals surface area contributed by atoms with Crippen LogP contribution in [-0.4, -0.2) is 26.4 Å². The third-order valence-electron chi connectivity index (χ3n) is 4.48. The number of hydrogen-bond acceptors (Lipinski definition) is 4. The summed E-state index contributed by atoms with van der Waals surface area (Å²) in [5.41, 5.74) is 2.69. The molecule has 2 aromatic carbocycles. The molecule has 5 nitrogen and oxygen atoms in total. The van der Waals surface area contributed by atoms with Gasteiger partial charge in [-0.25, -0.2) is 4.39 Å². The number of anilines is 1. The molecule has 0 saturated carbocycles. The first kappa shape index (κ1) is 21.8. The molecule has 3 rings (SSSR count). The molecule has 0 spiro atoms. The summed E-state index contributed by atoms with van der Waals surface area (Å²) in [5.74, 6) is 0.223. The van der Waals surface area contributed by atoms with E-state index in [0.29, 0.717) is 17.4 Å². The minimum atomic E-state index is -0.395.